The van der Waals surface area contributed by atoms with Crippen LogP contribution in [0.1, 0.15) is 25.7 Å². The SMILES string of the molecule is COC1(C2CCCN2C)CC(O)CCN1. The van der Waals surface area contributed by atoms with Crippen molar-refractivity contribution in [3.8, 4) is 0 Å². The highest BCUT2D eigenvalue weighted by Crippen LogP contribution is 2.32. The third kappa shape index (κ3) is 2.04. The standard InChI is InChI=1S/C11H22N2O2/c1-13-7-3-4-10(13)11(15-2)8-9(14)5-6-12-11/h9-10,12,14H,3-8H2,1-2H3. The molecule has 3 unspecified atom stereocenters. The van der Waals surface area contributed by atoms with Crippen LogP contribution in [0, 0.1) is 0 Å². The fraction of sp³-hybridized carbons (Fsp3) is 1.00. The molecule has 15 heavy (non-hydrogen) atoms. The van der Waals surface area contributed by atoms with Gasteiger partial charge in [-0.1, -0.05) is 0 Å². The number of nitrogens with zero attached hydrogens (tertiary/aromatic N) is 1. The molecule has 0 radical (unpaired) electrons. The molecule has 0 aliphatic carbocycles. The zero-order valence-corrected chi connectivity index (χ0v) is 9.70. The molecule has 2 fully saturated rings. The van der Waals surface area contributed by atoms with E-state index in [1.165, 1.54) is 6.42 Å². The molecular weight excluding hydrogens is 192 g/mol. The summed E-state index contributed by atoms with van der Waals surface area (Å²) in [5.41, 5.74) is -0.330. The van der Waals surface area contributed by atoms with Gasteiger partial charge in [-0.25, -0.2) is 0 Å². The van der Waals surface area contributed by atoms with Crippen molar-refractivity contribution in [1.29, 1.82) is 0 Å². The lowest BCUT2D eigenvalue weighted by molar-refractivity contribution is -0.129. The predicted octanol–water partition coefficient (Wildman–Crippen LogP) is 0.168. The lowest BCUT2D eigenvalue weighted by Crippen LogP contribution is -2.63. The first kappa shape index (κ1) is 11.3. The number of methoxy groups -OCH3 is 1. The van der Waals surface area contributed by atoms with Gasteiger partial charge in [0.1, 0.15) is 5.72 Å². The monoisotopic (exact) mass is 214 g/mol. The lowest BCUT2D eigenvalue weighted by Gasteiger charge is -2.45. The average molecular weight is 214 g/mol. The Morgan fingerprint density at radius 3 is 2.80 bits per heavy atom. The number of hydrogen-bond donors (Lipinski definition) is 2. The molecule has 3 atom stereocenters. The minimum absolute atomic E-state index is 0.222. The van der Waals surface area contributed by atoms with Crippen LogP contribution >= 0.6 is 0 Å². The highest BCUT2D eigenvalue weighted by atomic mass is 16.5. The molecule has 0 aromatic carbocycles. The van der Waals surface area contributed by atoms with Crippen molar-refractivity contribution in [3.05, 3.63) is 0 Å². The van der Waals surface area contributed by atoms with Crippen molar-refractivity contribution < 1.29 is 9.84 Å². The molecule has 88 valence electrons. The Labute approximate surface area is 91.6 Å². The first-order valence-electron chi connectivity index (χ1n) is 5.86. The second kappa shape index (κ2) is 4.37. The van der Waals surface area contributed by atoms with Gasteiger partial charge in [-0.3, -0.25) is 10.2 Å². The topological polar surface area (TPSA) is 44.7 Å². The number of aliphatic hydroxyl groups is 1. The van der Waals surface area contributed by atoms with Crippen LogP contribution < -0.4 is 5.32 Å². The van der Waals surface area contributed by atoms with Gasteiger partial charge in [0.05, 0.1) is 12.1 Å². The van der Waals surface area contributed by atoms with E-state index in [9.17, 15) is 5.11 Å². The molecule has 0 aromatic rings. The van der Waals surface area contributed by atoms with Gasteiger partial charge in [-0.05, 0) is 32.9 Å². The molecule has 2 aliphatic heterocycles. The summed E-state index contributed by atoms with van der Waals surface area (Å²) in [6, 6.07) is 0.400. The molecule has 0 amide bonds. The van der Waals surface area contributed by atoms with Gasteiger partial charge in [0.25, 0.3) is 0 Å². The molecule has 2 saturated heterocycles. The highest BCUT2D eigenvalue weighted by Gasteiger charge is 2.45. The summed E-state index contributed by atoms with van der Waals surface area (Å²) in [6.07, 6.45) is 3.70. The first-order valence-corrected chi connectivity index (χ1v) is 5.86. The number of likely N-dealkylation sites (N-methyl/N-ethyl adjacent to an activating group) is 1. The molecule has 2 aliphatic rings. The van der Waals surface area contributed by atoms with Crippen molar-refractivity contribution in [2.75, 3.05) is 27.2 Å². The molecule has 0 bridgehead atoms. The summed E-state index contributed by atoms with van der Waals surface area (Å²) >= 11 is 0. The van der Waals surface area contributed by atoms with Gasteiger partial charge in [0.15, 0.2) is 0 Å². The van der Waals surface area contributed by atoms with E-state index in [2.05, 4.69) is 17.3 Å². The second-order valence-electron chi connectivity index (χ2n) is 4.81. The molecule has 4 heteroatoms. The summed E-state index contributed by atoms with van der Waals surface area (Å²) in [5, 5.41) is 13.2. The molecule has 0 spiro atoms. The fourth-order valence-corrected chi connectivity index (χ4v) is 3.02. The van der Waals surface area contributed by atoms with Crippen LogP contribution in [0.2, 0.25) is 0 Å². The molecule has 2 heterocycles. The molecule has 2 rings (SSSR count). The number of likely N-dealkylation sites (tertiary alicyclic amines) is 1. The Morgan fingerprint density at radius 2 is 2.27 bits per heavy atom. The predicted molar refractivity (Wildman–Crippen MR) is 58.6 cm³/mol. The second-order valence-corrected chi connectivity index (χ2v) is 4.81. The van der Waals surface area contributed by atoms with Gasteiger partial charge in [0.2, 0.25) is 0 Å². The Kier molecular flexibility index (Phi) is 3.30. The minimum Gasteiger partial charge on any atom is -0.393 e. The number of ether oxygens (including phenoxy) is 1. The normalized spacial score (nSPS) is 43.4. The van der Waals surface area contributed by atoms with E-state index in [0.717, 1.165) is 25.9 Å². The highest BCUT2D eigenvalue weighted by molar-refractivity contribution is 4.98. The summed E-state index contributed by atoms with van der Waals surface area (Å²) in [5.74, 6) is 0. The quantitative estimate of drug-likeness (QED) is 0.688. The maximum atomic E-state index is 9.78. The summed E-state index contributed by atoms with van der Waals surface area (Å²) in [6.45, 7) is 1.98. The maximum absolute atomic E-state index is 9.78. The van der Waals surface area contributed by atoms with Crippen molar-refractivity contribution in [1.82, 2.24) is 10.2 Å². The van der Waals surface area contributed by atoms with Crippen molar-refractivity contribution >= 4 is 0 Å². The lowest BCUT2D eigenvalue weighted by atomic mass is 9.90. The Balaban J connectivity index is 2.12. The fourth-order valence-electron chi connectivity index (χ4n) is 3.02. The van der Waals surface area contributed by atoms with Crippen LogP contribution in [0.3, 0.4) is 0 Å². The molecular formula is C11H22N2O2. The molecule has 2 N–H and O–H groups in total. The summed E-state index contributed by atoms with van der Waals surface area (Å²) in [4.78, 5) is 2.34. The van der Waals surface area contributed by atoms with Crippen LogP contribution in [0.5, 0.6) is 0 Å². The van der Waals surface area contributed by atoms with Crippen molar-refractivity contribution in [2.45, 2.75) is 43.6 Å². The number of piperidine rings is 1. The van der Waals surface area contributed by atoms with Gasteiger partial charge in [0, 0.05) is 20.1 Å². The zero-order chi connectivity index (χ0) is 10.9. The number of hydrogen-bond acceptors (Lipinski definition) is 4. The minimum atomic E-state index is -0.330. The summed E-state index contributed by atoms with van der Waals surface area (Å²) in [7, 11) is 3.89. The van der Waals surface area contributed by atoms with E-state index in [0.29, 0.717) is 12.5 Å². The van der Waals surface area contributed by atoms with Crippen LogP contribution in [-0.2, 0) is 4.74 Å². The van der Waals surface area contributed by atoms with Gasteiger partial charge in [-0.15, -0.1) is 0 Å². The van der Waals surface area contributed by atoms with E-state index >= 15 is 0 Å². The summed E-state index contributed by atoms with van der Waals surface area (Å²) < 4.78 is 5.69. The number of rotatable bonds is 2. The van der Waals surface area contributed by atoms with Crippen molar-refractivity contribution in [2.24, 2.45) is 0 Å². The van der Waals surface area contributed by atoms with Crippen LogP contribution in [0.15, 0.2) is 0 Å². The van der Waals surface area contributed by atoms with Crippen LogP contribution in [-0.4, -0.2) is 55.1 Å². The van der Waals surface area contributed by atoms with Crippen LogP contribution in [0.25, 0.3) is 0 Å². The van der Waals surface area contributed by atoms with Gasteiger partial charge in [-0.2, -0.15) is 0 Å². The molecule has 4 nitrogen and oxygen atoms in total. The molecule has 0 saturated carbocycles. The largest absolute Gasteiger partial charge is 0.393 e. The Hall–Kier alpha value is -0.160. The average Bonchev–Trinajstić information content (AvgIpc) is 2.65. The number of aliphatic hydroxyl groups excluding tert-OH is 1. The maximum Gasteiger partial charge on any atom is 0.136 e. The van der Waals surface area contributed by atoms with Gasteiger partial charge >= 0.3 is 0 Å². The van der Waals surface area contributed by atoms with Crippen LogP contribution in [0.4, 0.5) is 0 Å². The third-order valence-electron chi connectivity index (χ3n) is 3.86. The van der Waals surface area contributed by atoms with Crippen molar-refractivity contribution in [3.63, 3.8) is 0 Å². The first-order chi connectivity index (χ1) is 7.18. The van der Waals surface area contributed by atoms with E-state index in [1.54, 1.807) is 7.11 Å². The smallest absolute Gasteiger partial charge is 0.136 e. The Bertz CT molecular complexity index is 225. The van der Waals surface area contributed by atoms with E-state index < -0.39 is 0 Å². The zero-order valence-electron chi connectivity index (χ0n) is 9.70. The van der Waals surface area contributed by atoms with E-state index in [4.69, 9.17) is 4.74 Å². The number of nitrogens with one attached hydrogen (secondary N) is 1. The van der Waals surface area contributed by atoms with Gasteiger partial charge < -0.3 is 9.84 Å². The van der Waals surface area contributed by atoms with E-state index in [-0.39, 0.29) is 11.8 Å². The molecule has 0 aromatic heterocycles. The third-order valence-corrected chi connectivity index (χ3v) is 3.86. The Morgan fingerprint density at radius 1 is 1.47 bits per heavy atom. The van der Waals surface area contributed by atoms with E-state index in [1.807, 2.05) is 0 Å².